The van der Waals surface area contributed by atoms with Gasteiger partial charge < -0.3 is 15.0 Å². The van der Waals surface area contributed by atoms with Crippen molar-refractivity contribution < 1.29 is 13.9 Å². The molecule has 2 N–H and O–H groups in total. The number of hydrogen-bond donors (Lipinski definition) is 2. The molecule has 156 valence electrons. The van der Waals surface area contributed by atoms with Crippen LogP contribution in [0.5, 0.6) is 5.75 Å². The SMILES string of the molecule is CCOc1ccc(C(=O)N[C@@H]2CCCN(c3cc(-c4ccc(F)cc4)[nH]n3)C2)cc1. The first kappa shape index (κ1) is 19.9. The third-order valence-corrected chi connectivity index (χ3v) is 5.23. The largest absolute Gasteiger partial charge is 0.494 e. The van der Waals surface area contributed by atoms with E-state index in [-0.39, 0.29) is 17.8 Å². The summed E-state index contributed by atoms with van der Waals surface area (Å²) in [7, 11) is 0. The Bertz CT molecular complexity index is 985. The maximum atomic E-state index is 13.1. The van der Waals surface area contributed by atoms with E-state index >= 15 is 0 Å². The zero-order chi connectivity index (χ0) is 20.9. The van der Waals surface area contributed by atoms with E-state index in [4.69, 9.17) is 4.74 Å². The molecule has 2 aromatic carbocycles. The van der Waals surface area contributed by atoms with Crippen molar-refractivity contribution in [1.29, 1.82) is 0 Å². The molecule has 0 radical (unpaired) electrons. The molecule has 0 spiro atoms. The van der Waals surface area contributed by atoms with E-state index in [1.165, 1.54) is 12.1 Å². The van der Waals surface area contributed by atoms with Gasteiger partial charge in [-0.15, -0.1) is 0 Å². The number of H-pyrrole nitrogens is 1. The molecule has 1 amide bonds. The van der Waals surface area contributed by atoms with Gasteiger partial charge >= 0.3 is 0 Å². The summed E-state index contributed by atoms with van der Waals surface area (Å²) in [6.45, 7) is 4.09. The summed E-state index contributed by atoms with van der Waals surface area (Å²) in [6, 6.07) is 15.5. The van der Waals surface area contributed by atoms with Gasteiger partial charge in [0.1, 0.15) is 11.6 Å². The third kappa shape index (κ3) is 4.62. The number of halogens is 1. The molecule has 1 aliphatic rings. The lowest BCUT2D eigenvalue weighted by atomic mass is 10.0. The zero-order valence-corrected chi connectivity index (χ0v) is 16.9. The molecule has 4 rings (SSSR count). The summed E-state index contributed by atoms with van der Waals surface area (Å²) >= 11 is 0. The molecule has 1 atom stereocenters. The molecule has 0 saturated carbocycles. The summed E-state index contributed by atoms with van der Waals surface area (Å²) in [5.74, 6) is 1.24. The second kappa shape index (κ2) is 8.98. The van der Waals surface area contributed by atoms with Crippen molar-refractivity contribution >= 4 is 11.7 Å². The van der Waals surface area contributed by atoms with Crippen LogP contribution in [0.1, 0.15) is 30.1 Å². The molecule has 1 aliphatic heterocycles. The van der Waals surface area contributed by atoms with Crippen molar-refractivity contribution in [3.63, 3.8) is 0 Å². The van der Waals surface area contributed by atoms with Crippen LogP contribution in [-0.2, 0) is 0 Å². The Labute approximate surface area is 175 Å². The molecule has 1 fully saturated rings. The molecule has 1 saturated heterocycles. The van der Waals surface area contributed by atoms with Crippen LogP contribution in [0.25, 0.3) is 11.3 Å². The van der Waals surface area contributed by atoms with Crippen molar-refractivity contribution in [3.05, 3.63) is 66.0 Å². The van der Waals surface area contributed by atoms with Crippen LogP contribution < -0.4 is 15.0 Å². The molecule has 0 bridgehead atoms. The van der Waals surface area contributed by atoms with Gasteiger partial charge in [-0.2, -0.15) is 5.10 Å². The second-order valence-electron chi connectivity index (χ2n) is 7.36. The van der Waals surface area contributed by atoms with Crippen LogP contribution in [0.15, 0.2) is 54.6 Å². The first-order chi connectivity index (χ1) is 14.6. The monoisotopic (exact) mass is 408 g/mol. The van der Waals surface area contributed by atoms with Crippen molar-refractivity contribution in [1.82, 2.24) is 15.5 Å². The molecule has 6 nitrogen and oxygen atoms in total. The average Bonchev–Trinajstić information content (AvgIpc) is 3.25. The molecular weight excluding hydrogens is 383 g/mol. The fourth-order valence-electron chi connectivity index (χ4n) is 3.69. The standard InChI is InChI=1S/C23H25FN4O2/c1-2-30-20-11-7-17(8-12-20)23(29)25-19-4-3-13-28(15-19)22-14-21(26-27-22)16-5-9-18(24)10-6-16/h5-12,14,19H,2-4,13,15H2,1H3,(H,25,29)(H,26,27)/t19-/m1/s1. The van der Waals surface area contributed by atoms with Crippen LogP contribution >= 0.6 is 0 Å². The minimum Gasteiger partial charge on any atom is -0.494 e. The van der Waals surface area contributed by atoms with Gasteiger partial charge in [0.15, 0.2) is 5.82 Å². The van der Waals surface area contributed by atoms with Gasteiger partial charge in [0, 0.05) is 30.8 Å². The molecular formula is C23H25FN4O2. The van der Waals surface area contributed by atoms with E-state index in [1.54, 1.807) is 24.3 Å². The van der Waals surface area contributed by atoms with Gasteiger partial charge in [-0.1, -0.05) is 0 Å². The van der Waals surface area contributed by atoms with E-state index in [9.17, 15) is 9.18 Å². The molecule has 2 heterocycles. The molecule has 0 aliphatic carbocycles. The van der Waals surface area contributed by atoms with Gasteiger partial charge in [-0.3, -0.25) is 9.89 Å². The second-order valence-corrected chi connectivity index (χ2v) is 7.36. The predicted molar refractivity (Wildman–Crippen MR) is 114 cm³/mol. The van der Waals surface area contributed by atoms with E-state index < -0.39 is 0 Å². The van der Waals surface area contributed by atoms with E-state index in [0.717, 1.165) is 42.2 Å². The van der Waals surface area contributed by atoms with Gasteiger partial charge in [0.05, 0.1) is 12.3 Å². The quantitative estimate of drug-likeness (QED) is 0.647. The van der Waals surface area contributed by atoms with Crippen molar-refractivity contribution in [3.8, 4) is 17.0 Å². The fourth-order valence-corrected chi connectivity index (χ4v) is 3.69. The molecule has 3 aromatic rings. The number of nitrogens with one attached hydrogen (secondary N) is 2. The molecule has 30 heavy (non-hydrogen) atoms. The lowest BCUT2D eigenvalue weighted by molar-refractivity contribution is 0.0933. The van der Waals surface area contributed by atoms with Crippen LogP contribution in [0.3, 0.4) is 0 Å². The van der Waals surface area contributed by atoms with Gasteiger partial charge in [-0.05, 0) is 73.9 Å². The van der Waals surface area contributed by atoms with Crippen molar-refractivity contribution in [2.24, 2.45) is 0 Å². The molecule has 7 heteroatoms. The number of rotatable bonds is 6. The van der Waals surface area contributed by atoms with E-state index in [1.807, 2.05) is 25.1 Å². The summed E-state index contributed by atoms with van der Waals surface area (Å²) in [6.07, 6.45) is 1.89. The van der Waals surface area contributed by atoms with E-state index in [0.29, 0.717) is 18.7 Å². The summed E-state index contributed by atoms with van der Waals surface area (Å²) < 4.78 is 18.6. The maximum absolute atomic E-state index is 13.1. The number of carbonyl (C=O) groups is 1. The Morgan fingerprint density at radius 3 is 2.73 bits per heavy atom. The van der Waals surface area contributed by atoms with Crippen molar-refractivity contribution in [2.45, 2.75) is 25.8 Å². The number of amides is 1. The van der Waals surface area contributed by atoms with Gasteiger partial charge in [0.2, 0.25) is 0 Å². The normalized spacial score (nSPS) is 16.3. The number of anilines is 1. The Balaban J connectivity index is 1.38. The minimum atomic E-state index is -0.263. The number of carbonyl (C=O) groups excluding carboxylic acids is 1. The highest BCUT2D eigenvalue weighted by atomic mass is 19.1. The van der Waals surface area contributed by atoms with Crippen LogP contribution in [0.4, 0.5) is 10.2 Å². The van der Waals surface area contributed by atoms with Gasteiger partial charge in [0.25, 0.3) is 5.91 Å². The number of ether oxygens (including phenoxy) is 1. The molecule has 0 unspecified atom stereocenters. The Kier molecular flexibility index (Phi) is 5.97. The van der Waals surface area contributed by atoms with Gasteiger partial charge in [-0.25, -0.2) is 4.39 Å². The lowest BCUT2D eigenvalue weighted by Gasteiger charge is -2.33. The first-order valence-corrected chi connectivity index (χ1v) is 10.2. The highest BCUT2D eigenvalue weighted by Gasteiger charge is 2.23. The summed E-state index contributed by atoms with van der Waals surface area (Å²) in [5.41, 5.74) is 2.34. The maximum Gasteiger partial charge on any atom is 0.251 e. The van der Waals surface area contributed by atoms with Crippen molar-refractivity contribution in [2.75, 3.05) is 24.6 Å². The Morgan fingerprint density at radius 1 is 1.23 bits per heavy atom. The summed E-state index contributed by atoms with van der Waals surface area (Å²) in [4.78, 5) is 14.8. The average molecular weight is 408 g/mol. The number of aromatic amines is 1. The number of hydrogen-bond acceptors (Lipinski definition) is 4. The Hall–Kier alpha value is -3.35. The fraction of sp³-hybridized carbons (Fsp3) is 0.304. The summed E-state index contributed by atoms with van der Waals surface area (Å²) in [5, 5.41) is 10.6. The Morgan fingerprint density at radius 2 is 2.00 bits per heavy atom. The molecule has 1 aromatic heterocycles. The first-order valence-electron chi connectivity index (χ1n) is 10.2. The minimum absolute atomic E-state index is 0.0452. The van der Waals surface area contributed by atoms with Crippen LogP contribution in [-0.4, -0.2) is 41.8 Å². The topological polar surface area (TPSA) is 70.2 Å². The number of benzene rings is 2. The van der Waals surface area contributed by atoms with E-state index in [2.05, 4.69) is 20.4 Å². The number of piperidine rings is 1. The third-order valence-electron chi connectivity index (χ3n) is 5.23. The highest BCUT2D eigenvalue weighted by Crippen LogP contribution is 2.24. The highest BCUT2D eigenvalue weighted by molar-refractivity contribution is 5.94. The number of nitrogens with zero attached hydrogens (tertiary/aromatic N) is 2. The predicted octanol–water partition coefficient (Wildman–Crippen LogP) is 4.01. The van der Waals surface area contributed by atoms with Crippen LogP contribution in [0.2, 0.25) is 0 Å². The lowest BCUT2D eigenvalue weighted by Crippen LogP contribution is -2.48. The zero-order valence-electron chi connectivity index (χ0n) is 16.9. The number of aromatic nitrogens is 2. The van der Waals surface area contributed by atoms with Crippen LogP contribution in [0, 0.1) is 5.82 Å². The smallest absolute Gasteiger partial charge is 0.251 e.